The molecule has 36 heavy (non-hydrogen) atoms. The van der Waals surface area contributed by atoms with E-state index in [1.54, 1.807) is 6.20 Å². The number of benzene rings is 1. The fraction of sp³-hybridized carbons (Fsp3) is 0.292. The van der Waals surface area contributed by atoms with Crippen LogP contribution in [0, 0.1) is 21.4 Å². The van der Waals surface area contributed by atoms with Gasteiger partial charge in [0.15, 0.2) is 11.5 Å². The average molecular weight is 504 g/mol. The maximum Gasteiger partial charge on any atom is 0.353 e. The Kier molecular flexibility index (Phi) is 6.60. The minimum atomic E-state index is -0.397. The molecule has 1 fully saturated rings. The second kappa shape index (κ2) is 10.1. The molecule has 3 aromatic rings. The molecule has 0 amide bonds. The number of halogens is 1. The van der Waals surface area contributed by atoms with Gasteiger partial charge in [0.25, 0.3) is 0 Å². The number of hydrogen-bond acceptors (Lipinski definition) is 10. The molecule has 0 radical (unpaired) electrons. The van der Waals surface area contributed by atoms with Gasteiger partial charge in [0.2, 0.25) is 11.6 Å². The van der Waals surface area contributed by atoms with Crippen molar-refractivity contribution in [2.45, 2.75) is 6.42 Å². The zero-order valence-corrected chi connectivity index (χ0v) is 20.0. The first-order chi connectivity index (χ1) is 17.5. The van der Waals surface area contributed by atoms with Crippen LogP contribution < -0.4 is 14.7 Å². The minimum absolute atomic E-state index is 0.0912. The molecule has 1 saturated heterocycles. The Bertz CT molecular complexity index is 1350. The van der Waals surface area contributed by atoms with Gasteiger partial charge in [-0.25, -0.2) is 19.9 Å². The van der Waals surface area contributed by atoms with Gasteiger partial charge in [-0.3, -0.25) is 10.1 Å². The molecule has 0 unspecified atom stereocenters. The summed E-state index contributed by atoms with van der Waals surface area (Å²) in [6.45, 7) is 3.13. The highest BCUT2D eigenvalue weighted by molar-refractivity contribution is 6.30. The molecule has 12 heteroatoms. The van der Waals surface area contributed by atoms with Gasteiger partial charge in [-0.05, 0) is 29.7 Å². The number of anilines is 3. The van der Waals surface area contributed by atoms with Gasteiger partial charge in [-0.2, -0.15) is 5.26 Å². The first-order valence-corrected chi connectivity index (χ1v) is 11.8. The molecule has 0 aliphatic carbocycles. The van der Waals surface area contributed by atoms with Gasteiger partial charge in [0.05, 0.1) is 4.92 Å². The van der Waals surface area contributed by atoms with Gasteiger partial charge in [0, 0.05) is 56.7 Å². The van der Waals surface area contributed by atoms with Crippen molar-refractivity contribution in [1.29, 1.82) is 5.26 Å². The fourth-order valence-electron chi connectivity index (χ4n) is 4.55. The standard InChI is InChI=1S/C24H22ClN9O2/c25-19-3-1-17(2-4-19)18-5-9-31(10-6-18)23-21(34(35)36)24(30-16-29-23)33-13-11-32(12-14-33)22-20(15-26)27-7-8-28-22/h1-5,7-8,16H,6,9-14H2. The summed E-state index contributed by atoms with van der Waals surface area (Å²) in [5.41, 5.74) is 2.44. The van der Waals surface area contributed by atoms with E-state index < -0.39 is 4.92 Å². The van der Waals surface area contributed by atoms with Crippen LogP contribution in [0.15, 0.2) is 49.1 Å². The van der Waals surface area contributed by atoms with E-state index in [-0.39, 0.29) is 11.4 Å². The minimum Gasteiger partial charge on any atom is -0.351 e. The molecule has 2 aliphatic heterocycles. The van der Waals surface area contributed by atoms with Gasteiger partial charge >= 0.3 is 5.69 Å². The molecule has 0 saturated carbocycles. The quantitative estimate of drug-likeness (QED) is 0.377. The van der Waals surface area contributed by atoms with Crippen molar-refractivity contribution in [1.82, 2.24) is 19.9 Å². The molecule has 0 atom stereocenters. The van der Waals surface area contributed by atoms with E-state index in [9.17, 15) is 15.4 Å². The van der Waals surface area contributed by atoms with Crippen molar-refractivity contribution in [2.75, 3.05) is 54.0 Å². The Labute approximate surface area is 212 Å². The fourth-order valence-corrected chi connectivity index (χ4v) is 4.67. The van der Waals surface area contributed by atoms with Crippen molar-refractivity contribution in [3.63, 3.8) is 0 Å². The summed E-state index contributed by atoms with van der Waals surface area (Å²) in [5.74, 6) is 1.14. The number of piperazine rings is 1. The van der Waals surface area contributed by atoms with E-state index in [4.69, 9.17) is 11.6 Å². The number of aromatic nitrogens is 4. The first-order valence-electron chi connectivity index (χ1n) is 11.5. The lowest BCUT2D eigenvalue weighted by Gasteiger charge is -2.36. The molecular formula is C24H22ClN9O2. The highest BCUT2D eigenvalue weighted by Gasteiger charge is 2.32. The third kappa shape index (κ3) is 4.63. The topological polar surface area (TPSA) is 128 Å². The number of hydrogen-bond donors (Lipinski definition) is 0. The molecule has 182 valence electrons. The van der Waals surface area contributed by atoms with Crippen LogP contribution in [0.2, 0.25) is 5.02 Å². The van der Waals surface area contributed by atoms with Crippen LogP contribution in [0.3, 0.4) is 0 Å². The molecule has 2 aliphatic rings. The van der Waals surface area contributed by atoms with Gasteiger partial charge < -0.3 is 14.7 Å². The van der Waals surface area contributed by atoms with E-state index in [1.165, 1.54) is 18.1 Å². The monoisotopic (exact) mass is 503 g/mol. The van der Waals surface area contributed by atoms with Crippen molar-refractivity contribution in [2.24, 2.45) is 0 Å². The second-order valence-electron chi connectivity index (χ2n) is 8.37. The van der Waals surface area contributed by atoms with Gasteiger partial charge in [-0.1, -0.05) is 29.8 Å². The zero-order valence-electron chi connectivity index (χ0n) is 19.3. The lowest BCUT2D eigenvalue weighted by Crippen LogP contribution is -2.47. The van der Waals surface area contributed by atoms with Crippen LogP contribution in [-0.4, -0.2) is 64.1 Å². The highest BCUT2D eigenvalue weighted by Crippen LogP contribution is 2.36. The van der Waals surface area contributed by atoms with Gasteiger partial charge in [-0.15, -0.1) is 0 Å². The number of nitrogens with zero attached hydrogens (tertiary/aromatic N) is 9. The first kappa shape index (κ1) is 23.4. The molecule has 5 rings (SSSR count). The third-order valence-electron chi connectivity index (χ3n) is 6.35. The molecule has 2 aromatic heterocycles. The molecule has 11 nitrogen and oxygen atoms in total. The smallest absolute Gasteiger partial charge is 0.351 e. The second-order valence-corrected chi connectivity index (χ2v) is 8.81. The third-order valence-corrected chi connectivity index (χ3v) is 6.61. The average Bonchev–Trinajstić information content (AvgIpc) is 2.93. The molecular weight excluding hydrogens is 482 g/mol. The van der Waals surface area contributed by atoms with E-state index in [0.717, 1.165) is 12.0 Å². The summed E-state index contributed by atoms with van der Waals surface area (Å²) < 4.78 is 0. The summed E-state index contributed by atoms with van der Waals surface area (Å²) in [4.78, 5) is 34.5. The number of rotatable bonds is 5. The molecule has 4 heterocycles. The summed E-state index contributed by atoms with van der Waals surface area (Å²) in [5, 5.41) is 22.2. The largest absolute Gasteiger partial charge is 0.353 e. The van der Waals surface area contributed by atoms with Crippen molar-refractivity contribution < 1.29 is 4.92 Å². The Morgan fingerprint density at radius 3 is 2.14 bits per heavy atom. The van der Waals surface area contributed by atoms with Crippen LogP contribution in [0.1, 0.15) is 17.7 Å². The molecule has 1 aromatic carbocycles. The van der Waals surface area contributed by atoms with E-state index in [1.807, 2.05) is 39.0 Å². The molecule has 0 N–H and O–H groups in total. The van der Waals surface area contributed by atoms with Crippen LogP contribution in [0.4, 0.5) is 23.1 Å². The Morgan fingerprint density at radius 2 is 1.53 bits per heavy atom. The Balaban J connectivity index is 1.35. The molecule has 0 bridgehead atoms. The Hall–Kier alpha value is -4.30. The predicted molar refractivity (Wildman–Crippen MR) is 136 cm³/mol. The lowest BCUT2D eigenvalue weighted by atomic mass is 9.99. The van der Waals surface area contributed by atoms with Crippen LogP contribution in [-0.2, 0) is 0 Å². The van der Waals surface area contributed by atoms with E-state index >= 15 is 0 Å². The van der Waals surface area contributed by atoms with Crippen LogP contribution in [0.5, 0.6) is 0 Å². The number of nitriles is 1. The summed E-state index contributed by atoms with van der Waals surface area (Å²) in [7, 11) is 0. The SMILES string of the molecule is N#Cc1nccnc1N1CCN(c2ncnc(N3CC=C(c4ccc(Cl)cc4)CC3)c2[N+](=O)[O-])CC1. The van der Waals surface area contributed by atoms with Crippen molar-refractivity contribution in [3.8, 4) is 6.07 Å². The van der Waals surface area contributed by atoms with Crippen LogP contribution >= 0.6 is 11.6 Å². The highest BCUT2D eigenvalue weighted by atomic mass is 35.5. The lowest BCUT2D eigenvalue weighted by molar-refractivity contribution is -0.383. The maximum absolute atomic E-state index is 12.2. The maximum atomic E-state index is 12.2. The zero-order chi connectivity index (χ0) is 25.1. The van der Waals surface area contributed by atoms with Crippen molar-refractivity contribution >= 4 is 40.3 Å². The summed E-state index contributed by atoms with van der Waals surface area (Å²) in [6, 6.07) is 9.74. The number of nitro groups is 1. The summed E-state index contributed by atoms with van der Waals surface area (Å²) >= 11 is 6.00. The van der Waals surface area contributed by atoms with Crippen molar-refractivity contribution in [3.05, 3.63) is 75.5 Å². The van der Waals surface area contributed by atoms with E-state index in [0.29, 0.717) is 61.7 Å². The molecule has 0 spiro atoms. The normalized spacial score (nSPS) is 15.9. The predicted octanol–water partition coefficient (Wildman–Crippen LogP) is 3.32. The Morgan fingerprint density at radius 1 is 0.889 bits per heavy atom. The summed E-state index contributed by atoms with van der Waals surface area (Å²) in [6.07, 6.45) is 7.23. The van der Waals surface area contributed by atoms with Gasteiger partial charge in [0.1, 0.15) is 12.4 Å². The van der Waals surface area contributed by atoms with E-state index in [2.05, 4.69) is 32.1 Å². The van der Waals surface area contributed by atoms with Crippen LogP contribution in [0.25, 0.3) is 5.57 Å².